The Labute approximate surface area is 493 Å². The van der Waals surface area contributed by atoms with Crippen molar-refractivity contribution in [3.8, 4) is 5.75 Å². The maximum atomic E-state index is 15.5. The van der Waals surface area contributed by atoms with Gasteiger partial charge in [0, 0.05) is 102 Å². The number of carbonyl (C=O) groups is 7. The highest BCUT2D eigenvalue weighted by Gasteiger charge is 2.78. The number of likely N-dealkylation sites (N-methyl/N-ethyl adjacent to an activating group) is 1. The second-order valence-electron chi connectivity index (χ2n) is 22.5. The molecule has 5 aliphatic heterocycles. The molecule has 1 aliphatic carbocycles. The van der Waals surface area contributed by atoms with E-state index in [1.54, 1.807) is 31.4 Å². The number of nitrogens with one attached hydrogen (secondary N) is 2. The van der Waals surface area contributed by atoms with Gasteiger partial charge in [-0.25, -0.2) is 19.2 Å². The van der Waals surface area contributed by atoms with Crippen LogP contribution in [-0.4, -0.2) is 211 Å². The highest BCUT2D eigenvalue weighted by molar-refractivity contribution is 6.30. The summed E-state index contributed by atoms with van der Waals surface area (Å²) < 4.78 is 18.9. The van der Waals surface area contributed by atoms with Crippen molar-refractivity contribution in [2.45, 2.75) is 112 Å². The van der Waals surface area contributed by atoms with Crippen LogP contribution in [0.5, 0.6) is 5.75 Å². The summed E-state index contributed by atoms with van der Waals surface area (Å²) in [7, 11) is 5.11. The fraction of sp³-hybridized carbons (Fsp3) is 0.483. The molecule has 24 nitrogen and oxygen atoms in total. The number of aliphatic hydroxyl groups excluding tert-OH is 4. The van der Waals surface area contributed by atoms with Crippen molar-refractivity contribution < 1.29 is 93.7 Å². The average molecular weight is 1200 g/mol. The van der Waals surface area contributed by atoms with E-state index in [0.717, 1.165) is 72.4 Å². The molecule has 5 unspecified atom stereocenters. The summed E-state index contributed by atoms with van der Waals surface area (Å²) in [4.78, 5) is 92.8. The van der Waals surface area contributed by atoms with E-state index in [1.807, 2.05) is 19.2 Å². The molecule has 6 heterocycles. The van der Waals surface area contributed by atoms with Crippen molar-refractivity contribution in [2.24, 2.45) is 11.3 Å². The number of carboxylic acid groups (broad SMARTS) is 4. The normalized spacial score (nSPS) is 28.4. The lowest BCUT2D eigenvalue weighted by Gasteiger charge is -2.64. The van der Waals surface area contributed by atoms with Crippen LogP contribution in [0.1, 0.15) is 79.2 Å². The first-order valence-electron chi connectivity index (χ1n) is 27.8. The van der Waals surface area contributed by atoms with Gasteiger partial charge in [0.25, 0.3) is 5.91 Å². The number of fused-ring (bicyclic) bond motifs is 6. The van der Waals surface area contributed by atoms with Crippen LogP contribution >= 0.6 is 11.6 Å². The van der Waals surface area contributed by atoms with Crippen LogP contribution in [0.25, 0.3) is 10.9 Å². The van der Waals surface area contributed by atoms with Gasteiger partial charge < -0.3 is 75.4 Å². The number of halogens is 1. The van der Waals surface area contributed by atoms with Gasteiger partial charge >= 0.3 is 35.8 Å². The number of ether oxygens (including phenoxy) is 3. The number of nitrogens with zero attached hydrogens (tertiary/aromatic N) is 3. The van der Waals surface area contributed by atoms with Crippen LogP contribution in [-0.2, 0) is 55.5 Å². The SMILES string of the molecule is CCC1=C[C@@H]2CN(CCc3c([nH]c4ccccc34)[C@@](C(=O)OC)(c3cc4c(cc3OC)N(C)[C@H]3[C@@](O)(CNC(=O)c5ccc(Cl)cc5)[C@H](OC(C)=O)[C@]5(CC)C=CCN6CC[C@]43[C@@H]65)C2)C1.O=C(O)C(O)C(O)C(=O)O.O=C(O)C(O)C(O)C(=O)O. The van der Waals surface area contributed by atoms with E-state index in [4.69, 9.17) is 66.7 Å². The fourth-order valence-corrected chi connectivity index (χ4v) is 14.6. The Morgan fingerprint density at radius 3 is 2.02 bits per heavy atom. The lowest BCUT2D eigenvalue weighted by molar-refractivity contribution is -0.216. The molecule has 3 aromatic carbocycles. The quantitative estimate of drug-likeness (QED) is 0.0601. The number of methoxy groups -OCH3 is 2. The van der Waals surface area contributed by atoms with Gasteiger partial charge in [0.2, 0.25) is 0 Å². The number of aliphatic hydroxyl groups is 5. The van der Waals surface area contributed by atoms with Crippen LogP contribution in [0.15, 0.2) is 84.5 Å². The monoisotopic (exact) mass is 1200 g/mol. The van der Waals surface area contributed by atoms with Gasteiger partial charge in [0.05, 0.1) is 26.8 Å². The molecule has 1 amide bonds. The second-order valence-corrected chi connectivity index (χ2v) is 22.9. The molecule has 2 fully saturated rings. The summed E-state index contributed by atoms with van der Waals surface area (Å²) in [6.45, 7) is 9.43. The first-order chi connectivity index (χ1) is 40.2. The number of aliphatic carboxylic acids is 4. The Bertz CT molecular complexity index is 3240. The van der Waals surface area contributed by atoms with Crippen LogP contribution in [0.3, 0.4) is 0 Å². The zero-order valence-corrected chi connectivity index (χ0v) is 48.5. The lowest BCUT2D eigenvalue weighted by atomic mass is 9.47. The summed E-state index contributed by atoms with van der Waals surface area (Å²) in [5.74, 6) is -7.79. The van der Waals surface area contributed by atoms with E-state index in [9.17, 15) is 33.9 Å². The Morgan fingerprint density at radius 2 is 1.46 bits per heavy atom. The number of aromatic nitrogens is 1. The molecule has 13 atom stereocenters. The maximum absolute atomic E-state index is 15.5. The van der Waals surface area contributed by atoms with Crippen molar-refractivity contribution in [3.63, 3.8) is 0 Å². The molecule has 1 saturated heterocycles. The first-order valence-corrected chi connectivity index (χ1v) is 28.1. The van der Waals surface area contributed by atoms with Gasteiger partial charge in [0.15, 0.2) is 24.4 Å². The number of para-hydroxylation sites is 1. The van der Waals surface area contributed by atoms with Gasteiger partial charge in [-0.2, -0.15) is 0 Å². The van der Waals surface area contributed by atoms with Crippen LogP contribution in [0.2, 0.25) is 5.02 Å². The summed E-state index contributed by atoms with van der Waals surface area (Å²) >= 11 is 6.20. The van der Waals surface area contributed by atoms with Crippen molar-refractivity contribution in [2.75, 3.05) is 65.4 Å². The molecule has 1 saturated carbocycles. The molecule has 11 N–H and O–H groups in total. The average Bonchev–Trinajstić information content (AvgIpc) is 1.53. The largest absolute Gasteiger partial charge is 0.496 e. The minimum Gasteiger partial charge on any atom is -0.496 e. The third kappa shape index (κ3) is 11.1. The number of benzene rings is 3. The third-order valence-corrected chi connectivity index (χ3v) is 18.2. The Kier molecular flexibility index (Phi) is 18.6. The number of anilines is 1. The number of aromatic amines is 1. The molecule has 1 spiro atoms. The van der Waals surface area contributed by atoms with Crippen molar-refractivity contribution in [3.05, 3.63) is 117 Å². The van der Waals surface area contributed by atoms with E-state index in [0.29, 0.717) is 47.7 Å². The van der Waals surface area contributed by atoms with Crippen LogP contribution < -0.4 is 15.0 Å². The minimum atomic E-state index is -2.27. The van der Waals surface area contributed by atoms with Crippen molar-refractivity contribution >= 4 is 69.9 Å². The summed E-state index contributed by atoms with van der Waals surface area (Å²) in [5.41, 5.74) is 2.35. The van der Waals surface area contributed by atoms with Crippen LogP contribution in [0, 0.1) is 11.3 Å². The number of amides is 1. The lowest BCUT2D eigenvalue weighted by Crippen LogP contribution is -2.81. The smallest absolute Gasteiger partial charge is 0.335 e. The zero-order chi connectivity index (χ0) is 62.2. The number of hydrogen-bond donors (Lipinski definition) is 11. The van der Waals surface area contributed by atoms with E-state index >= 15 is 4.79 Å². The Hall–Kier alpha value is -7.42. The van der Waals surface area contributed by atoms with Gasteiger partial charge in [-0.05, 0) is 92.1 Å². The molecular formula is C60H72ClN5O19. The topological polar surface area (TPSA) is 367 Å². The van der Waals surface area contributed by atoms with Gasteiger partial charge in [-0.3, -0.25) is 24.2 Å². The molecule has 4 aromatic rings. The van der Waals surface area contributed by atoms with Crippen molar-refractivity contribution in [1.29, 1.82) is 0 Å². The highest BCUT2D eigenvalue weighted by Crippen LogP contribution is 2.68. The van der Waals surface area contributed by atoms with Gasteiger partial charge in [0.1, 0.15) is 22.9 Å². The van der Waals surface area contributed by atoms with E-state index in [1.165, 1.54) is 19.6 Å². The summed E-state index contributed by atoms with van der Waals surface area (Å²) in [6.07, 6.45) is -0.118. The standard InChI is InChI=1S/C52H60ClN5O7.2C4H6O6/c1-7-32-24-33-27-51(48(61)64-6,43-37(18-22-57(28-32)29-33)36-12-9-10-13-40(36)55-43)39-25-38-41(26-42(39)63-5)56(4)46-50(38)20-23-58-21-11-19-49(8-2,45(50)58)47(65-31(3)59)52(46,62)30-54-44(60)34-14-16-35(53)17-15-34;2*5-1(3(7)8)2(6)4(9)10/h9-17,19,24-26,33,45-47,55,62H,7-8,18,20-23,27-30H2,1-6H3,(H,54,60);2*1-2,5-6H,(H,7,8)(H,9,10)/t33-,45-,46+,47+,49+,50+,51-,52-;;/m0../s1. The molecule has 25 heteroatoms. The molecule has 6 aliphatic rings. The Balaban J connectivity index is 0.000000403. The van der Waals surface area contributed by atoms with Gasteiger partial charge in [-0.15, -0.1) is 0 Å². The fourth-order valence-electron chi connectivity index (χ4n) is 14.5. The van der Waals surface area contributed by atoms with Gasteiger partial charge in [-0.1, -0.05) is 67.4 Å². The molecule has 10 rings (SSSR count). The number of esters is 2. The molecule has 2 bridgehead atoms. The highest BCUT2D eigenvalue weighted by atomic mass is 35.5. The number of H-pyrrole nitrogens is 1. The zero-order valence-electron chi connectivity index (χ0n) is 47.7. The molecular weight excluding hydrogens is 1130 g/mol. The number of carboxylic acids is 4. The van der Waals surface area contributed by atoms with E-state index < -0.39 is 88.3 Å². The van der Waals surface area contributed by atoms with E-state index in [2.05, 4.69) is 81.3 Å². The summed E-state index contributed by atoms with van der Waals surface area (Å²) in [5, 5.41) is 83.7. The van der Waals surface area contributed by atoms with Crippen molar-refractivity contribution in [1.82, 2.24) is 20.1 Å². The number of carbonyl (C=O) groups excluding carboxylic acids is 3. The second kappa shape index (κ2) is 24.9. The first kappa shape index (κ1) is 63.6. The maximum Gasteiger partial charge on any atom is 0.335 e. The minimum absolute atomic E-state index is 0.0217. The molecule has 458 valence electrons. The third-order valence-electron chi connectivity index (χ3n) is 17.9. The number of rotatable bonds is 15. The molecule has 0 radical (unpaired) electrons. The molecule has 1 aromatic heterocycles. The van der Waals surface area contributed by atoms with E-state index in [-0.39, 0.29) is 30.4 Å². The predicted octanol–water partition coefficient (Wildman–Crippen LogP) is 2.46. The number of hydrogen-bond acceptors (Lipinski definition) is 18. The van der Waals surface area contributed by atoms with Crippen LogP contribution in [0.4, 0.5) is 5.69 Å². The summed E-state index contributed by atoms with van der Waals surface area (Å²) in [6, 6.07) is 18.2. The Morgan fingerprint density at radius 1 is 0.835 bits per heavy atom. The molecule has 85 heavy (non-hydrogen) atoms. The predicted molar refractivity (Wildman–Crippen MR) is 305 cm³/mol.